The van der Waals surface area contributed by atoms with Gasteiger partial charge >= 0.3 is 0 Å². The summed E-state index contributed by atoms with van der Waals surface area (Å²) in [5, 5.41) is -0.00784. The van der Waals surface area contributed by atoms with Gasteiger partial charge in [0.15, 0.2) is 5.58 Å². The van der Waals surface area contributed by atoms with Crippen molar-refractivity contribution in [3.63, 3.8) is 0 Å². The van der Waals surface area contributed by atoms with Gasteiger partial charge in [-0.3, -0.25) is 4.79 Å². The summed E-state index contributed by atoms with van der Waals surface area (Å²) in [5.41, 5.74) is 0.953. The normalized spacial score (nSPS) is 16.6. The van der Waals surface area contributed by atoms with Crippen LogP contribution in [0.1, 0.15) is 20.8 Å². The number of thioether (sulfide) groups is 1. The molecule has 0 N–H and O–H groups in total. The highest BCUT2D eigenvalue weighted by Gasteiger charge is 2.26. The molecule has 0 radical (unpaired) electrons. The van der Waals surface area contributed by atoms with E-state index in [-0.39, 0.29) is 16.1 Å². The van der Waals surface area contributed by atoms with Crippen molar-refractivity contribution in [3.8, 4) is 0 Å². The number of morpholine rings is 1. The number of amides is 1. The van der Waals surface area contributed by atoms with Crippen LogP contribution in [0.5, 0.6) is 0 Å². The molecule has 1 aromatic heterocycles. The molecule has 2 heterocycles. The molecule has 0 spiro atoms. The van der Waals surface area contributed by atoms with E-state index in [1.165, 1.54) is 28.2 Å². The summed E-state index contributed by atoms with van der Waals surface area (Å²) in [7, 11) is -3.56. The van der Waals surface area contributed by atoms with E-state index in [2.05, 4.69) is 4.98 Å². The lowest BCUT2D eigenvalue weighted by atomic mass is 10.3. The van der Waals surface area contributed by atoms with Crippen LogP contribution >= 0.6 is 11.8 Å². The second kappa shape index (κ2) is 8.81. The number of nitrogens with zero attached hydrogens (tertiary/aromatic N) is 3. The van der Waals surface area contributed by atoms with Crippen molar-refractivity contribution in [2.24, 2.45) is 0 Å². The summed E-state index contributed by atoms with van der Waals surface area (Å²) < 4.78 is 37.8. The van der Waals surface area contributed by atoms with Crippen LogP contribution in [0, 0.1) is 0 Å². The van der Waals surface area contributed by atoms with Crippen molar-refractivity contribution in [2.45, 2.75) is 36.1 Å². The molecule has 0 bridgehead atoms. The first-order chi connectivity index (χ1) is 13.4. The average Bonchev–Trinajstić information content (AvgIpc) is 3.10. The molecule has 1 atom stereocenters. The minimum absolute atomic E-state index is 0.0142. The molecule has 2 aromatic rings. The van der Waals surface area contributed by atoms with E-state index in [1.54, 1.807) is 24.8 Å². The molecule has 154 valence electrons. The number of sulfonamides is 1. The summed E-state index contributed by atoms with van der Waals surface area (Å²) in [6.45, 7) is 8.50. The summed E-state index contributed by atoms with van der Waals surface area (Å²) in [6.07, 6.45) is 0. The maximum atomic E-state index is 12.7. The number of oxazole rings is 1. The van der Waals surface area contributed by atoms with Crippen molar-refractivity contribution in [2.75, 3.05) is 39.4 Å². The van der Waals surface area contributed by atoms with Gasteiger partial charge in [-0.2, -0.15) is 4.31 Å². The smallest absolute Gasteiger partial charge is 0.257 e. The van der Waals surface area contributed by atoms with Crippen molar-refractivity contribution in [1.82, 2.24) is 14.2 Å². The largest absolute Gasteiger partial charge is 0.431 e. The summed E-state index contributed by atoms with van der Waals surface area (Å²) >= 11 is 1.23. The summed E-state index contributed by atoms with van der Waals surface area (Å²) in [6, 6.07) is 4.65. The molecular weight excluding hydrogens is 402 g/mol. The Morgan fingerprint density at radius 3 is 2.61 bits per heavy atom. The molecule has 1 saturated heterocycles. The van der Waals surface area contributed by atoms with Crippen LogP contribution in [-0.2, 0) is 19.6 Å². The third-order valence-corrected chi connectivity index (χ3v) is 7.61. The fourth-order valence-corrected chi connectivity index (χ4v) is 5.37. The van der Waals surface area contributed by atoms with Crippen LogP contribution in [-0.4, -0.2) is 73.2 Å². The van der Waals surface area contributed by atoms with Crippen LogP contribution in [0.2, 0.25) is 0 Å². The third kappa shape index (κ3) is 4.35. The maximum absolute atomic E-state index is 12.7. The second-order valence-corrected chi connectivity index (χ2v) is 9.63. The topological polar surface area (TPSA) is 93.0 Å². The molecule has 10 heteroatoms. The number of rotatable bonds is 7. The molecule has 1 aromatic carbocycles. The minimum Gasteiger partial charge on any atom is -0.431 e. The number of benzene rings is 1. The zero-order valence-corrected chi connectivity index (χ0v) is 17.9. The lowest BCUT2D eigenvalue weighted by Crippen LogP contribution is -2.44. The molecule has 0 saturated carbocycles. The van der Waals surface area contributed by atoms with Crippen LogP contribution < -0.4 is 0 Å². The van der Waals surface area contributed by atoms with Gasteiger partial charge in [0, 0.05) is 26.2 Å². The first-order valence-electron chi connectivity index (χ1n) is 9.30. The van der Waals surface area contributed by atoms with Crippen molar-refractivity contribution < 1.29 is 22.4 Å². The number of carbonyl (C=O) groups excluding carboxylic acids is 1. The molecule has 0 aliphatic carbocycles. The lowest BCUT2D eigenvalue weighted by Gasteiger charge is -2.28. The van der Waals surface area contributed by atoms with Gasteiger partial charge < -0.3 is 14.1 Å². The van der Waals surface area contributed by atoms with E-state index in [9.17, 15) is 13.2 Å². The molecule has 1 aliphatic rings. The fraction of sp³-hybridized carbons (Fsp3) is 0.556. The molecule has 8 nitrogen and oxygen atoms in total. The second-order valence-electron chi connectivity index (χ2n) is 6.40. The minimum atomic E-state index is -3.56. The Kier molecular flexibility index (Phi) is 6.64. The van der Waals surface area contributed by atoms with Crippen molar-refractivity contribution in [1.29, 1.82) is 0 Å². The number of hydrogen-bond acceptors (Lipinski definition) is 7. The monoisotopic (exact) mass is 427 g/mol. The highest BCUT2D eigenvalue weighted by Crippen LogP contribution is 2.29. The van der Waals surface area contributed by atoms with Gasteiger partial charge in [-0.1, -0.05) is 25.6 Å². The van der Waals surface area contributed by atoms with Gasteiger partial charge in [0.2, 0.25) is 15.9 Å². The first-order valence-corrected chi connectivity index (χ1v) is 11.6. The standard InChI is InChI=1S/C18H25N3O5S2/c1-4-21(5-2)28(23,24)14-6-7-16-15(12-14)19-18(26-16)27-13(3)17(22)20-8-10-25-11-9-20/h6-7,12-13H,4-5,8-11H2,1-3H3. The number of hydrogen-bond donors (Lipinski definition) is 0. The van der Waals surface area contributed by atoms with E-state index in [1.807, 2.05) is 6.92 Å². The van der Waals surface area contributed by atoms with Gasteiger partial charge in [0.25, 0.3) is 5.22 Å². The lowest BCUT2D eigenvalue weighted by molar-refractivity contribution is -0.134. The molecule has 1 unspecified atom stereocenters. The highest BCUT2D eigenvalue weighted by atomic mass is 32.2. The van der Waals surface area contributed by atoms with Crippen molar-refractivity contribution in [3.05, 3.63) is 18.2 Å². The van der Waals surface area contributed by atoms with E-state index < -0.39 is 10.0 Å². The summed E-state index contributed by atoms with van der Waals surface area (Å²) in [5.74, 6) is 0.0142. The maximum Gasteiger partial charge on any atom is 0.257 e. The molecular formula is C18H25N3O5S2. The fourth-order valence-electron chi connectivity index (χ4n) is 3.05. The zero-order chi connectivity index (χ0) is 20.3. The Labute approximate surface area is 169 Å². The Balaban J connectivity index is 1.78. The number of fused-ring (bicyclic) bond motifs is 1. The molecule has 1 amide bonds. The summed E-state index contributed by atoms with van der Waals surface area (Å²) in [4.78, 5) is 18.9. The van der Waals surface area contributed by atoms with Crippen LogP contribution in [0.15, 0.2) is 32.7 Å². The molecule has 28 heavy (non-hydrogen) atoms. The van der Waals surface area contributed by atoms with E-state index in [4.69, 9.17) is 9.15 Å². The third-order valence-electron chi connectivity index (χ3n) is 4.63. The van der Waals surface area contributed by atoms with Gasteiger partial charge in [-0.05, 0) is 25.1 Å². The van der Waals surface area contributed by atoms with Crippen LogP contribution in [0.4, 0.5) is 0 Å². The predicted molar refractivity (Wildman–Crippen MR) is 107 cm³/mol. The van der Waals surface area contributed by atoms with Gasteiger partial charge in [-0.15, -0.1) is 0 Å². The Morgan fingerprint density at radius 1 is 1.29 bits per heavy atom. The first kappa shape index (κ1) is 21.1. The SMILES string of the molecule is CCN(CC)S(=O)(=O)c1ccc2oc(SC(C)C(=O)N3CCOCC3)nc2c1. The Hall–Kier alpha value is -1.62. The van der Waals surface area contributed by atoms with Gasteiger partial charge in [0.1, 0.15) is 5.52 Å². The molecule has 3 rings (SSSR count). The average molecular weight is 428 g/mol. The quantitative estimate of drug-likeness (QED) is 0.625. The van der Waals surface area contributed by atoms with E-state index in [0.29, 0.717) is 55.7 Å². The van der Waals surface area contributed by atoms with Gasteiger partial charge in [0.05, 0.1) is 23.4 Å². The van der Waals surface area contributed by atoms with E-state index in [0.717, 1.165) is 0 Å². The Bertz CT molecular complexity index is 934. The number of carbonyl (C=O) groups is 1. The van der Waals surface area contributed by atoms with E-state index >= 15 is 0 Å². The molecule has 1 aliphatic heterocycles. The number of aromatic nitrogens is 1. The highest BCUT2D eigenvalue weighted by molar-refractivity contribution is 8.00. The predicted octanol–water partition coefficient (Wildman–Crippen LogP) is 2.20. The van der Waals surface area contributed by atoms with Gasteiger partial charge in [-0.25, -0.2) is 13.4 Å². The zero-order valence-electron chi connectivity index (χ0n) is 16.3. The van der Waals surface area contributed by atoms with Crippen LogP contribution in [0.25, 0.3) is 11.1 Å². The Morgan fingerprint density at radius 2 is 1.96 bits per heavy atom. The van der Waals surface area contributed by atoms with Crippen molar-refractivity contribution >= 4 is 38.8 Å². The number of ether oxygens (including phenoxy) is 1. The molecule has 1 fully saturated rings. The van der Waals surface area contributed by atoms with Crippen LogP contribution in [0.3, 0.4) is 0 Å².